The van der Waals surface area contributed by atoms with Gasteiger partial charge >= 0.3 is 5.69 Å². The van der Waals surface area contributed by atoms with Gasteiger partial charge in [0.2, 0.25) is 5.82 Å². The van der Waals surface area contributed by atoms with Crippen molar-refractivity contribution in [1.29, 1.82) is 0 Å². The van der Waals surface area contributed by atoms with E-state index >= 15 is 0 Å². The molecule has 0 amide bonds. The van der Waals surface area contributed by atoms with Gasteiger partial charge in [-0.05, 0) is 18.9 Å². The molecule has 0 unspecified atom stereocenters. The summed E-state index contributed by atoms with van der Waals surface area (Å²) in [6, 6.07) is 3.04. The van der Waals surface area contributed by atoms with Crippen molar-refractivity contribution < 1.29 is 4.92 Å². The summed E-state index contributed by atoms with van der Waals surface area (Å²) in [7, 11) is 0. The van der Waals surface area contributed by atoms with E-state index < -0.39 is 4.92 Å². The first kappa shape index (κ1) is 13.2. The quantitative estimate of drug-likeness (QED) is 0.626. The number of aromatic nitrogens is 1. The first-order valence-corrected chi connectivity index (χ1v) is 5.61. The van der Waals surface area contributed by atoms with Crippen LogP contribution in [0.25, 0.3) is 0 Å². The highest BCUT2D eigenvalue weighted by Gasteiger charge is 2.15. The molecule has 0 bridgehead atoms. The summed E-state index contributed by atoms with van der Waals surface area (Å²) < 4.78 is 0. The Hall–Kier alpha value is -1.85. The number of nitrogen functional groups attached to an aromatic ring is 1. The highest BCUT2D eigenvalue weighted by atomic mass is 16.6. The maximum atomic E-state index is 10.6. The Labute approximate surface area is 101 Å². The summed E-state index contributed by atoms with van der Waals surface area (Å²) in [5.74, 6) is 1.15. The second-order valence-electron chi connectivity index (χ2n) is 4.26. The predicted molar refractivity (Wildman–Crippen MR) is 68.0 cm³/mol. The Balaban J connectivity index is 2.98. The molecule has 0 saturated heterocycles. The largest absolute Gasteiger partial charge is 0.378 e. The summed E-state index contributed by atoms with van der Waals surface area (Å²) >= 11 is 0. The van der Waals surface area contributed by atoms with E-state index in [9.17, 15) is 10.1 Å². The van der Waals surface area contributed by atoms with Crippen molar-refractivity contribution in [3.63, 3.8) is 0 Å². The molecule has 0 aliphatic heterocycles. The molecule has 0 spiro atoms. The number of nitro groups is 1. The molecule has 6 heteroatoms. The van der Waals surface area contributed by atoms with Crippen LogP contribution in [0.3, 0.4) is 0 Å². The minimum Gasteiger partial charge on any atom is -0.378 e. The molecule has 0 aliphatic carbocycles. The van der Waals surface area contributed by atoms with E-state index in [0.717, 1.165) is 13.1 Å². The van der Waals surface area contributed by atoms with Crippen LogP contribution in [0, 0.1) is 16.0 Å². The second kappa shape index (κ2) is 5.47. The molecule has 2 N–H and O–H groups in total. The normalized spacial score (nSPS) is 10.6. The number of rotatable bonds is 5. The Kier molecular flexibility index (Phi) is 4.25. The lowest BCUT2D eigenvalue weighted by atomic mass is 10.2. The summed E-state index contributed by atoms with van der Waals surface area (Å²) in [5, 5.41) is 10.6. The van der Waals surface area contributed by atoms with Crippen LogP contribution in [0.2, 0.25) is 0 Å². The number of hydrogen-bond acceptors (Lipinski definition) is 5. The summed E-state index contributed by atoms with van der Waals surface area (Å²) in [6.45, 7) is 7.87. The first-order chi connectivity index (χ1) is 7.95. The zero-order valence-electron chi connectivity index (χ0n) is 10.4. The fourth-order valence-electron chi connectivity index (χ4n) is 1.61. The molecule has 0 saturated carbocycles. The van der Waals surface area contributed by atoms with Crippen LogP contribution in [-0.4, -0.2) is 23.0 Å². The molecular formula is C11H18N4O2. The van der Waals surface area contributed by atoms with Gasteiger partial charge in [0.1, 0.15) is 5.82 Å². The van der Waals surface area contributed by atoms with Crippen LogP contribution in [0.1, 0.15) is 20.8 Å². The van der Waals surface area contributed by atoms with Gasteiger partial charge in [-0.15, -0.1) is 0 Å². The van der Waals surface area contributed by atoms with Gasteiger partial charge in [-0.2, -0.15) is 0 Å². The molecule has 1 aromatic rings. The van der Waals surface area contributed by atoms with E-state index in [1.807, 2.05) is 11.8 Å². The van der Waals surface area contributed by atoms with Gasteiger partial charge in [0, 0.05) is 19.2 Å². The van der Waals surface area contributed by atoms with Gasteiger partial charge in [0.25, 0.3) is 0 Å². The summed E-state index contributed by atoms with van der Waals surface area (Å²) in [5.41, 5.74) is 5.42. The molecule has 0 atom stereocenters. The molecule has 1 heterocycles. The van der Waals surface area contributed by atoms with Crippen LogP contribution < -0.4 is 10.6 Å². The third-order valence-electron chi connectivity index (χ3n) is 2.38. The monoisotopic (exact) mass is 238 g/mol. The Morgan fingerprint density at radius 2 is 2.18 bits per heavy atom. The smallest absolute Gasteiger partial charge is 0.311 e. The van der Waals surface area contributed by atoms with E-state index in [2.05, 4.69) is 18.8 Å². The van der Waals surface area contributed by atoms with Crippen molar-refractivity contribution in [2.24, 2.45) is 5.92 Å². The number of anilines is 2. The van der Waals surface area contributed by atoms with Crippen molar-refractivity contribution in [3.8, 4) is 0 Å². The molecule has 17 heavy (non-hydrogen) atoms. The van der Waals surface area contributed by atoms with Crippen molar-refractivity contribution in [1.82, 2.24) is 4.98 Å². The standard InChI is InChI=1S/C11H18N4O2/c1-4-14(7-8(2)3)10-6-5-9(15(16)17)11(12)13-10/h5-6,8H,4,7H2,1-3H3,(H2,12,13). The van der Waals surface area contributed by atoms with E-state index in [1.165, 1.54) is 6.07 Å². The maximum absolute atomic E-state index is 10.6. The van der Waals surface area contributed by atoms with E-state index in [0.29, 0.717) is 11.7 Å². The highest BCUT2D eigenvalue weighted by molar-refractivity contribution is 5.57. The van der Waals surface area contributed by atoms with Crippen molar-refractivity contribution in [2.75, 3.05) is 23.7 Å². The summed E-state index contributed by atoms with van der Waals surface area (Å²) in [6.07, 6.45) is 0. The van der Waals surface area contributed by atoms with Crippen molar-refractivity contribution in [2.45, 2.75) is 20.8 Å². The maximum Gasteiger partial charge on any atom is 0.311 e. The Morgan fingerprint density at radius 1 is 1.53 bits per heavy atom. The zero-order chi connectivity index (χ0) is 13.0. The lowest BCUT2D eigenvalue weighted by molar-refractivity contribution is -0.384. The van der Waals surface area contributed by atoms with E-state index in [-0.39, 0.29) is 11.5 Å². The number of pyridine rings is 1. The minimum absolute atomic E-state index is 0.0327. The van der Waals surface area contributed by atoms with E-state index in [1.54, 1.807) is 6.07 Å². The lowest BCUT2D eigenvalue weighted by Crippen LogP contribution is -2.28. The fourth-order valence-corrected chi connectivity index (χ4v) is 1.61. The Bertz CT molecular complexity index is 406. The third kappa shape index (κ3) is 3.30. The second-order valence-corrected chi connectivity index (χ2v) is 4.26. The van der Waals surface area contributed by atoms with E-state index in [4.69, 9.17) is 5.73 Å². The molecule has 0 aliphatic rings. The molecule has 0 fully saturated rings. The molecule has 0 aromatic carbocycles. The van der Waals surface area contributed by atoms with Crippen LogP contribution in [0.15, 0.2) is 12.1 Å². The van der Waals surface area contributed by atoms with Crippen LogP contribution in [-0.2, 0) is 0 Å². The molecule has 0 radical (unpaired) electrons. The molecule has 1 rings (SSSR count). The van der Waals surface area contributed by atoms with Crippen molar-refractivity contribution >= 4 is 17.3 Å². The topological polar surface area (TPSA) is 85.3 Å². The lowest BCUT2D eigenvalue weighted by Gasteiger charge is -2.23. The molecular weight excluding hydrogens is 220 g/mol. The average molecular weight is 238 g/mol. The Morgan fingerprint density at radius 3 is 2.59 bits per heavy atom. The average Bonchev–Trinajstić information content (AvgIpc) is 2.24. The fraction of sp³-hybridized carbons (Fsp3) is 0.545. The molecule has 6 nitrogen and oxygen atoms in total. The van der Waals surface area contributed by atoms with Gasteiger partial charge in [-0.3, -0.25) is 10.1 Å². The number of nitrogens with two attached hydrogens (primary N) is 1. The molecule has 94 valence electrons. The van der Waals surface area contributed by atoms with Crippen LogP contribution in [0.5, 0.6) is 0 Å². The summed E-state index contributed by atoms with van der Waals surface area (Å²) in [4.78, 5) is 16.2. The first-order valence-electron chi connectivity index (χ1n) is 5.61. The number of nitrogens with zero attached hydrogens (tertiary/aromatic N) is 3. The zero-order valence-corrected chi connectivity index (χ0v) is 10.4. The van der Waals surface area contributed by atoms with Crippen molar-refractivity contribution in [3.05, 3.63) is 22.2 Å². The minimum atomic E-state index is -0.523. The van der Waals surface area contributed by atoms with Gasteiger partial charge in [-0.25, -0.2) is 4.98 Å². The van der Waals surface area contributed by atoms with Gasteiger partial charge in [0.05, 0.1) is 4.92 Å². The SMILES string of the molecule is CCN(CC(C)C)c1ccc([N+](=O)[O-])c(N)n1. The van der Waals surface area contributed by atoms with Gasteiger partial charge in [0.15, 0.2) is 0 Å². The highest BCUT2D eigenvalue weighted by Crippen LogP contribution is 2.23. The van der Waals surface area contributed by atoms with Gasteiger partial charge < -0.3 is 10.6 Å². The predicted octanol–water partition coefficient (Wildman–Crippen LogP) is 2.05. The van der Waals surface area contributed by atoms with Gasteiger partial charge in [-0.1, -0.05) is 13.8 Å². The third-order valence-corrected chi connectivity index (χ3v) is 2.38. The van der Waals surface area contributed by atoms with Crippen LogP contribution >= 0.6 is 0 Å². The van der Waals surface area contributed by atoms with Crippen LogP contribution in [0.4, 0.5) is 17.3 Å². The number of hydrogen-bond donors (Lipinski definition) is 1. The molecule has 1 aromatic heterocycles.